The third-order valence-corrected chi connectivity index (χ3v) is 3.27. The van der Waals surface area contributed by atoms with Crippen LogP contribution in [0.3, 0.4) is 0 Å². The molecule has 108 valence electrons. The number of carbonyl (C=O) groups is 3. The number of methoxy groups -OCH3 is 1. The van der Waals surface area contributed by atoms with Gasteiger partial charge < -0.3 is 20.1 Å². The lowest BCUT2D eigenvalue weighted by molar-refractivity contribution is -0.147. The maximum Gasteiger partial charge on any atom is 0.326 e. The molecule has 0 radical (unpaired) electrons. The van der Waals surface area contributed by atoms with Gasteiger partial charge in [-0.1, -0.05) is 6.92 Å². The smallest absolute Gasteiger partial charge is 0.326 e. The molecule has 1 saturated heterocycles. The van der Waals surface area contributed by atoms with Crippen molar-refractivity contribution in [3.8, 4) is 0 Å². The third-order valence-electron chi connectivity index (χ3n) is 3.27. The van der Waals surface area contributed by atoms with E-state index in [0.29, 0.717) is 19.0 Å². The van der Waals surface area contributed by atoms with Crippen LogP contribution in [0, 0.1) is 5.92 Å². The predicted octanol–water partition coefficient (Wildman–Crippen LogP) is 0.444. The van der Waals surface area contributed by atoms with Crippen molar-refractivity contribution in [2.24, 2.45) is 5.92 Å². The Bertz CT molecular complexity index is 350. The second kappa shape index (κ2) is 6.96. The summed E-state index contributed by atoms with van der Waals surface area (Å²) in [6, 6.07) is -1.69. The zero-order valence-electron chi connectivity index (χ0n) is 11.2. The number of likely N-dealkylation sites (tertiary alicyclic amines) is 1. The van der Waals surface area contributed by atoms with E-state index in [1.807, 2.05) is 0 Å². The van der Waals surface area contributed by atoms with Gasteiger partial charge in [0.15, 0.2) is 0 Å². The summed E-state index contributed by atoms with van der Waals surface area (Å²) >= 11 is 0. The van der Waals surface area contributed by atoms with E-state index in [0.717, 1.165) is 12.8 Å². The lowest BCUT2D eigenvalue weighted by atomic mass is 10.00. The molecule has 1 rings (SSSR count). The van der Waals surface area contributed by atoms with Crippen LogP contribution in [0.25, 0.3) is 0 Å². The molecule has 7 heteroatoms. The number of rotatable bonds is 4. The number of carboxylic acid groups (broad SMARTS) is 1. The minimum absolute atomic E-state index is 0.373. The second-order valence-corrected chi connectivity index (χ2v) is 4.79. The van der Waals surface area contributed by atoms with Crippen LogP contribution >= 0.6 is 0 Å². The highest BCUT2D eigenvalue weighted by molar-refractivity contribution is 5.86. The summed E-state index contributed by atoms with van der Waals surface area (Å²) in [5.41, 5.74) is 0. The number of nitrogens with one attached hydrogen (secondary N) is 1. The van der Waals surface area contributed by atoms with Crippen LogP contribution in [-0.4, -0.2) is 54.2 Å². The van der Waals surface area contributed by atoms with Crippen molar-refractivity contribution in [2.45, 2.75) is 32.2 Å². The Hall–Kier alpha value is -1.79. The minimum Gasteiger partial charge on any atom is -0.480 e. The average Bonchev–Trinajstić information content (AvgIpc) is 2.38. The van der Waals surface area contributed by atoms with Gasteiger partial charge in [0.05, 0.1) is 13.5 Å². The summed E-state index contributed by atoms with van der Waals surface area (Å²) in [6.45, 7) is 3.33. The highest BCUT2D eigenvalue weighted by atomic mass is 16.5. The Morgan fingerprint density at radius 1 is 1.37 bits per heavy atom. The average molecular weight is 272 g/mol. The number of hydrogen-bond donors (Lipinski definition) is 2. The molecule has 0 aromatic carbocycles. The van der Waals surface area contributed by atoms with Crippen LogP contribution in [0.5, 0.6) is 0 Å². The van der Waals surface area contributed by atoms with Crippen LogP contribution in [0.2, 0.25) is 0 Å². The first-order valence-corrected chi connectivity index (χ1v) is 6.29. The van der Waals surface area contributed by atoms with E-state index in [9.17, 15) is 14.4 Å². The van der Waals surface area contributed by atoms with E-state index in [1.165, 1.54) is 7.11 Å². The first-order valence-electron chi connectivity index (χ1n) is 6.29. The number of carbonyl (C=O) groups excluding carboxylic acids is 2. The van der Waals surface area contributed by atoms with E-state index in [2.05, 4.69) is 17.0 Å². The summed E-state index contributed by atoms with van der Waals surface area (Å²) in [4.78, 5) is 35.5. The first-order chi connectivity index (χ1) is 8.93. The summed E-state index contributed by atoms with van der Waals surface area (Å²) in [7, 11) is 1.18. The molecule has 19 heavy (non-hydrogen) atoms. The van der Waals surface area contributed by atoms with Crippen molar-refractivity contribution >= 4 is 18.0 Å². The molecule has 0 aliphatic carbocycles. The molecule has 2 N–H and O–H groups in total. The van der Waals surface area contributed by atoms with E-state index in [-0.39, 0.29) is 6.42 Å². The van der Waals surface area contributed by atoms with Gasteiger partial charge in [0.25, 0.3) is 0 Å². The van der Waals surface area contributed by atoms with Gasteiger partial charge in [0.1, 0.15) is 6.04 Å². The summed E-state index contributed by atoms with van der Waals surface area (Å²) in [6.07, 6.45) is 1.44. The summed E-state index contributed by atoms with van der Waals surface area (Å²) in [5, 5.41) is 11.3. The van der Waals surface area contributed by atoms with E-state index in [1.54, 1.807) is 4.90 Å². The Balaban J connectivity index is 2.51. The fourth-order valence-electron chi connectivity index (χ4n) is 1.90. The largest absolute Gasteiger partial charge is 0.480 e. The molecule has 0 saturated carbocycles. The number of esters is 1. The molecule has 0 bridgehead atoms. The van der Waals surface area contributed by atoms with Gasteiger partial charge in [-0.25, -0.2) is 9.59 Å². The standard InChI is InChI=1S/C12H20N2O5/c1-8-3-5-14(6-4-8)12(18)13-9(11(16)17)7-10(15)19-2/h8-9H,3-7H2,1-2H3,(H,13,18)(H,16,17)/t9-/m0/s1. The number of carboxylic acids is 1. The molecule has 0 spiro atoms. The van der Waals surface area contributed by atoms with Gasteiger partial charge in [-0.2, -0.15) is 0 Å². The van der Waals surface area contributed by atoms with Crippen LogP contribution < -0.4 is 5.32 Å². The third kappa shape index (κ3) is 4.76. The fourth-order valence-corrected chi connectivity index (χ4v) is 1.90. The number of nitrogens with zero attached hydrogens (tertiary/aromatic N) is 1. The Morgan fingerprint density at radius 2 is 1.95 bits per heavy atom. The molecular formula is C12H20N2O5. The molecular weight excluding hydrogens is 252 g/mol. The lowest BCUT2D eigenvalue weighted by Crippen LogP contribution is -2.50. The van der Waals surface area contributed by atoms with Crippen molar-refractivity contribution in [2.75, 3.05) is 20.2 Å². The first kappa shape index (κ1) is 15.3. The van der Waals surface area contributed by atoms with Crippen molar-refractivity contribution in [1.82, 2.24) is 10.2 Å². The maximum atomic E-state index is 11.9. The number of hydrogen-bond acceptors (Lipinski definition) is 4. The molecule has 0 aromatic heterocycles. The SMILES string of the molecule is COC(=O)C[C@H](NC(=O)N1CCC(C)CC1)C(=O)O. The van der Waals surface area contributed by atoms with Crippen LogP contribution in [0.15, 0.2) is 0 Å². The van der Waals surface area contributed by atoms with Crippen molar-refractivity contribution in [3.63, 3.8) is 0 Å². The highest BCUT2D eigenvalue weighted by Gasteiger charge is 2.27. The fraction of sp³-hybridized carbons (Fsp3) is 0.750. The van der Waals surface area contributed by atoms with Crippen molar-refractivity contribution in [1.29, 1.82) is 0 Å². The summed E-state index contributed by atoms with van der Waals surface area (Å²) < 4.78 is 4.40. The zero-order valence-corrected chi connectivity index (χ0v) is 11.2. The van der Waals surface area contributed by atoms with E-state index >= 15 is 0 Å². The monoisotopic (exact) mass is 272 g/mol. The number of piperidine rings is 1. The Labute approximate surface area is 111 Å². The van der Waals surface area contributed by atoms with E-state index in [4.69, 9.17) is 5.11 Å². The van der Waals surface area contributed by atoms with Gasteiger partial charge in [-0.05, 0) is 18.8 Å². The number of amides is 2. The van der Waals surface area contributed by atoms with Crippen molar-refractivity contribution in [3.05, 3.63) is 0 Å². The van der Waals surface area contributed by atoms with E-state index < -0.39 is 24.0 Å². The Morgan fingerprint density at radius 3 is 2.42 bits per heavy atom. The van der Waals surface area contributed by atoms with Crippen LogP contribution in [-0.2, 0) is 14.3 Å². The normalized spacial score (nSPS) is 17.7. The topological polar surface area (TPSA) is 95.9 Å². The highest BCUT2D eigenvalue weighted by Crippen LogP contribution is 2.15. The predicted molar refractivity (Wildman–Crippen MR) is 66.6 cm³/mol. The van der Waals surface area contributed by atoms with Gasteiger partial charge in [0, 0.05) is 13.1 Å². The number of aliphatic carboxylic acids is 1. The molecule has 1 aliphatic heterocycles. The number of ether oxygens (including phenoxy) is 1. The molecule has 1 aliphatic rings. The van der Waals surface area contributed by atoms with Crippen molar-refractivity contribution < 1.29 is 24.2 Å². The van der Waals surface area contributed by atoms with Gasteiger partial charge >= 0.3 is 18.0 Å². The van der Waals surface area contributed by atoms with Crippen LogP contribution in [0.4, 0.5) is 4.79 Å². The molecule has 1 atom stereocenters. The molecule has 7 nitrogen and oxygen atoms in total. The van der Waals surface area contributed by atoms with Crippen LogP contribution in [0.1, 0.15) is 26.2 Å². The van der Waals surface area contributed by atoms with Gasteiger partial charge in [-0.3, -0.25) is 4.79 Å². The summed E-state index contributed by atoms with van der Waals surface area (Å²) in [5.74, 6) is -1.33. The lowest BCUT2D eigenvalue weighted by Gasteiger charge is -2.31. The maximum absolute atomic E-state index is 11.9. The zero-order chi connectivity index (χ0) is 14.4. The molecule has 1 fully saturated rings. The second-order valence-electron chi connectivity index (χ2n) is 4.79. The van der Waals surface area contributed by atoms with Gasteiger partial charge in [0.2, 0.25) is 0 Å². The number of urea groups is 1. The molecule has 0 aromatic rings. The Kier molecular flexibility index (Phi) is 5.59. The quantitative estimate of drug-likeness (QED) is 0.724. The molecule has 0 unspecified atom stereocenters. The van der Waals surface area contributed by atoms with Gasteiger partial charge in [-0.15, -0.1) is 0 Å². The minimum atomic E-state index is -1.25. The molecule has 1 heterocycles. The molecule has 2 amide bonds.